The molecule has 0 fully saturated rings. The number of rotatable bonds is 7. The maximum atomic E-state index is 11.2. The molecule has 2 aromatic carbocycles. The minimum Gasteiger partial charge on any atom is -0.368 e. The first kappa shape index (κ1) is 16.1. The maximum absolute atomic E-state index is 11.2. The third kappa shape index (κ3) is 4.65. The summed E-state index contributed by atoms with van der Waals surface area (Å²) in [6, 6.07) is 17.0. The van der Waals surface area contributed by atoms with Gasteiger partial charge in [-0.05, 0) is 23.3 Å². The first-order valence-electron chi connectivity index (χ1n) is 6.74. The van der Waals surface area contributed by atoms with E-state index in [2.05, 4.69) is 5.29 Å². The lowest BCUT2D eigenvalue weighted by atomic mass is 10.0. The second-order valence-corrected chi connectivity index (χ2v) is 5.03. The van der Waals surface area contributed by atoms with Gasteiger partial charge in [0.05, 0.1) is 18.3 Å². The second-order valence-electron chi connectivity index (χ2n) is 4.59. The normalized spacial score (nSPS) is 11.7. The molecule has 1 unspecified atom stereocenters. The summed E-state index contributed by atoms with van der Waals surface area (Å²) in [7, 11) is 0. The molecule has 0 aliphatic heterocycles. The van der Waals surface area contributed by atoms with E-state index in [0.29, 0.717) is 5.02 Å². The van der Waals surface area contributed by atoms with Crippen LogP contribution >= 0.6 is 11.6 Å². The molecule has 0 saturated carbocycles. The van der Waals surface area contributed by atoms with Crippen LogP contribution in [0, 0.1) is 4.91 Å². The number of amides is 1. The van der Waals surface area contributed by atoms with Crippen LogP contribution in [-0.2, 0) is 9.53 Å². The minimum atomic E-state index is -0.474. The predicted molar refractivity (Wildman–Crippen MR) is 84.2 cm³/mol. The standard InChI is InChI=1S/C16H15ClN2O3/c17-14-8-6-13(7-9-14)16(12-4-2-1-3-5-12)22-11-10-15(20)18-19-21/h1-9,16H,10-11H2,(H,18,20,21). The SMILES string of the molecule is O=NNC(=O)CCOC(c1ccccc1)c1ccc(Cl)cc1. The lowest BCUT2D eigenvalue weighted by molar-refractivity contribution is -0.122. The molecule has 0 aliphatic rings. The molecule has 0 saturated heterocycles. The largest absolute Gasteiger partial charge is 0.368 e. The van der Waals surface area contributed by atoms with E-state index in [1.54, 1.807) is 12.1 Å². The van der Waals surface area contributed by atoms with E-state index in [9.17, 15) is 9.70 Å². The molecule has 1 amide bonds. The summed E-state index contributed by atoms with van der Waals surface area (Å²) in [5, 5.41) is 2.99. The number of nitrogens with one attached hydrogen (secondary N) is 1. The van der Waals surface area contributed by atoms with Gasteiger partial charge in [0.15, 0.2) is 0 Å². The van der Waals surface area contributed by atoms with Gasteiger partial charge in [-0.1, -0.05) is 54.1 Å². The molecule has 5 nitrogen and oxygen atoms in total. The molecule has 1 atom stereocenters. The Kier molecular flexibility index (Phi) is 6.06. The molecular weight excluding hydrogens is 304 g/mol. The quantitative estimate of drug-likeness (QED) is 0.626. The Morgan fingerprint density at radius 1 is 1.09 bits per heavy atom. The molecule has 0 aliphatic carbocycles. The summed E-state index contributed by atoms with van der Waals surface area (Å²) in [6.45, 7) is 0.170. The average Bonchev–Trinajstić information content (AvgIpc) is 2.54. The summed E-state index contributed by atoms with van der Waals surface area (Å²) in [5.41, 5.74) is 3.75. The molecule has 1 N–H and O–H groups in total. The van der Waals surface area contributed by atoms with Crippen molar-refractivity contribution in [2.45, 2.75) is 12.5 Å². The summed E-state index contributed by atoms with van der Waals surface area (Å²) in [4.78, 5) is 21.2. The lowest BCUT2D eigenvalue weighted by Gasteiger charge is -2.19. The fourth-order valence-corrected chi connectivity index (χ4v) is 2.15. The fourth-order valence-electron chi connectivity index (χ4n) is 2.03. The molecular formula is C16H15ClN2O3. The summed E-state index contributed by atoms with van der Waals surface area (Å²) >= 11 is 5.91. The highest BCUT2D eigenvalue weighted by molar-refractivity contribution is 6.30. The highest BCUT2D eigenvalue weighted by Gasteiger charge is 2.15. The Morgan fingerprint density at radius 3 is 2.36 bits per heavy atom. The minimum absolute atomic E-state index is 0.0582. The van der Waals surface area contributed by atoms with Crippen LogP contribution in [0.25, 0.3) is 0 Å². The Balaban J connectivity index is 2.10. The van der Waals surface area contributed by atoms with Crippen molar-refractivity contribution in [2.75, 3.05) is 6.61 Å². The van der Waals surface area contributed by atoms with Gasteiger partial charge in [0.25, 0.3) is 0 Å². The molecule has 6 heteroatoms. The van der Waals surface area contributed by atoms with Gasteiger partial charge < -0.3 is 4.74 Å². The highest BCUT2D eigenvalue weighted by atomic mass is 35.5. The van der Waals surface area contributed by atoms with Gasteiger partial charge in [-0.2, -0.15) is 0 Å². The van der Waals surface area contributed by atoms with Gasteiger partial charge in [0, 0.05) is 5.02 Å². The third-order valence-electron chi connectivity index (χ3n) is 3.06. The smallest absolute Gasteiger partial charge is 0.244 e. The van der Waals surface area contributed by atoms with E-state index in [4.69, 9.17) is 16.3 Å². The van der Waals surface area contributed by atoms with E-state index in [1.165, 1.54) is 0 Å². The number of carbonyl (C=O) groups excluding carboxylic acids is 1. The summed E-state index contributed by atoms with van der Waals surface area (Å²) in [5.74, 6) is -0.474. The molecule has 0 heterocycles. The van der Waals surface area contributed by atoms with Gasteiger partial charge in [-0.15, -0.1) is 4.91 Å². The monoisotopic (exact) mass is 318 g/mol. The van der Waals surface area contributed by atoms with Crippen molar-refractivity contribution < 1.29 is 9.53 Å². The number of benzene rings is 2. The van der Waals surface area contributed by atoms with Crippen molar-refractivity contribution in [3.63, 3.8) is 0 Å². The number of nitroso groups, excluding NO2 is 1. The van der Waals surface area contributed by atoms with Crippen LogP contribution in [0.1, 0.15) is 23.7 Å². The van der Waals surface area contributed by atoms with Crippen LogP contribution in [0.4, 0.5) is 0 Å². The van der Waals surface area contributed by atoms with Gasteiger partial charge in [-0.25, -0.2) is 5.43 Å². The molecule has 0 bridgehead atoms. The summed E-state index contributed by atoms with van der Waals surface area (Å²) in [6.07, 6.45) is -0.252. The van der Waals surface area contributed by atoms with E-state index < -0.39 is 5.91 Å². The Bertz CT molecular complexity index is 617. The van der Waals surface area contributed by atoms with E-state index in [0.717, 1.165) is 11.1 Å². The van der Waals surface area contributed by atoms with Crippen molar-refractivity contribution in [2.24, 2.45) is 5.29 Å². The lowest BCUT2D eigenvalue weighted by Crippen LogP contribution is -2.19. The molecule has 2 aromatic rings. The first-order valence-corrected chi connectivity index (χ1v) is 7.11. The van der Waals surface area contributed by atoms with Crippen LogP contribution in [0.5, 0.6) is 0 Å². The van der Waals surface area contributed by atoms with E-state index in [-0.39, 0.29) is 19.1 Å². The zero-order valence-corrected chi connectivity index (χ0v) is 12.5. The number of hydrogen-bond acceptors (Lipinski definition) is 4. The van der Waals surface area contributed by atoms with Crippen molar-refractivity contribution in [1.82, 2.24) is 5.43 Å². The van der Waals surface area contributed by atoms with E-state index in [1.807, 2.05) is 47.9 Å². The Hall–Kier alpha value is -2.24. The van der Waals surface area contributed by atoms with Crippen LogP contribution in [0.15, 0.2) is 59.9 Å². The molecule has 22 heavy (non-hydrogen) atoms. The first-order chi connectivity index (χ1) is 10.7. The van der Waals surface area contributed by atoms with Gasteiger partial charge in [0.2, 0.25) is 5.91 Å². The number of hydrogen-bond donors (Lipinski definition) is 1. The predicted octanol–water partition coefficient (Wildman–Crippen LogP) is 3.63. The van der Waals surface area contributed by atoms with Crippen LogP contribution in [0.2, 0.25) is 5.02 Å². The zero-order chi connectivity index (χ0) is 15.8. The number of ether oxygens (including phenoxy) is 1. The third-order valence-corrected chi connectivity index (χ3v) is 3.31. The van der Waals surface area contributed by atoms with Crippen LogP contribution in [-0.4, -0.2) is 12.5 Å². The van der Waals surface area contributed by atoms with Crippen molar-refractivity contribution in [1.29, 1.82) is 0 Å². The molecule has 0 radical (unpaired) electrons. The number of nitrogens with zero attached hydrogens (tertiary/aromatic N) is 1. The van der Waals surface area contributed by atoms with Gasteiger partial charge >= 0.3 is 0 Å². The molecule has 2 rings (SSSR count). The average molecular weight is 319 g/mol. The highest BCUT2D eigenvalue weighted by Crippen LogP contribution is 2.27. The molecule has 114 valence electrons. The second kappa shape index (κ2) is 8.26. The Labute approximate surface area is 133 Å². The van der Waals surface area contributed by atoms with Crippen LogP contribution in [0.3, 0.4) is 0 Å². The van der Waals surface area contributed by atoms with Gasteiger partial charge in [0.1, 0.15) is 6.10 Å². The molecule has 0 spiro atoms. The molecule has 0 aromatic heterocycles. The van der Waals surface area contributed by atoms with Crippen molar-refractivity contribution >= 4 is 17.5 Å². The zero-order valence-electron chi connectivity index (χ0n) is 11.7. The fraction of sp³-hybridized carbons (Fsp3) is 0.188. The summed E-state index contributed by atoms with van der Waals surface area (Å²) < 4.78 is 5.82. The van der Waals surface area contributed by atoms with Crippen molar-refractivity contribution in [3.05, 3.63) is 75.7 Å². The van der Waals surface area contributed by atoms with Crippen LogP contribution < -0.4 is 5.43 Å². The van der Waals surface area contributed by atoms with Gasteiger partial charge in [-0.3, -0.25) is 4.79 Å². The Morgan fingerprint density at radius 2 is 1.73 bits per heavy atom. The maximum Gasteiger partial charge on any atom is 0.244 e. The topological polar surface area (TPSA) is 67.8 Å². The van der Waals surface area contributed by atoms with Crippen molar-refractivity contribution in [3.8, 4) is 0 Å². The number of halogens is 1. The number of carbonyl (C=O) groups is 1. The van der Waals surface area contributed by atoms with E-state index >= 15 is 0 Å².